The van der Waals surface area contributed by atoms with Crippen molar-refractivity contribution >= 4 is 5.91 Å². The van der Waals surface area contributed by atoms with Gasteiger partial charge in [0.05, 0.1) is 6.04 Å². The van der Waals surface area contributed by atoms with Crippen LogP contribution in [0.15, 0.2) is 30.3 Å². The fourth-order valence-corrected chi connectivity index (χ4v) is 2.06. The first-order valence-electron chi connectivity index (χ1n) is 7.73. The van der Waals surface area contributed by atoms with E-state index in [2.05, 4.69) is 36.3 Å². The topological polar surface area (TPSA) is 58.4 Å². The molecule has 3 unspecified atom stereocenters. The molecule has 0 aliphatic heterocycles. The van der Waals surface area contributed by atoms with Crippen molar-refractivity contribution in [1.82, 2.24) is 10.2 Å². The van der Waals surface area contributed by atoms with Gasteiger partial charge in [0, 0.05) is 19.1 Å². The van der Waals surface area contributed by atoms with Crippen LogP contribution in [0.2, 0.25) is 0 Å². The zero-order chi connectivity index (χ0) is 15.8. The zero-order valence-corrected chi connectivity index (χ0v) is 13.7. The van der Waals surface area contributed by atoms with Crippen LogP contribution in [0.5, 0.6) is 0 Å². The minimum absolute atomic E-state index is 0.0516. The number of amides is 1. The van der Waals surface area contributed by atoms with Gasteiger partial charge in [-0.05, 0) is 25.5 Å². The van der Waals surface area contributed by atoms with Gasteiger partial charge in [-0.1, -0.05) is 50.6 Å². The largest absolute Gasteiger partial charge is 0.353 e. The average molecular weight is 291 g/mol. The van der Waals surface area contributed by atoms with E-state index in [1.54, 1.807) is 0 Å². The van der Waals surface area contributed by atoms with Crippen LogP contribution in [-0.2, 0) is 11.3 Å². The third-order valence-corrected chi connectivity index (χ3v) is 4.16. The van der Waals surface area contributed by atoms with Crippen LogP contribution in [0.3, 0.4) is 0 Å². The number of hydrogen-bond acceptors (Lipinski definition) is 3. The first kappa shape index (κ1) is 17.7. The average Bonchev–Trinajstić information content (AvgIpc) is 2.51. The monoisotopic (exact) mass is 291 g/mol. The molecule has 118 valence electrons. The van der Waals surface area contributed by atoms with Crippen molar-refractivity contribution < 1.29 is 4.79 Å². The van der Waals surface area contributed by atoms with Gasteiger partial charge >= 0.3 is 0 Å². The summed E-state index contributed by atoms with van der Waals surface area (Å²) in [6, 6.07) is 10.2. The molecule has 0 saturated carbocycles. The third-order valence-electron chi connectivity index (χ3n) is 4.16. The molecule has 3 N–H and O–H groups in total. The van der Waals surface area contributed by atoms with Crippen molar-refractivity contribution in [2.24, 2.45) is 11.7 Å². The lowest BCUT2D eigenvalue weighted by molar-refractivity contribution is -0.123. The van der Waals surface area contributed by atoms with Gasteiger partial charge in [0.15, 0.2) is 0 Å². The Morgan fingerprint density at radius 3 is 2.48 bits per heavy atom. The second-order valence-electron chi connectivity index (χ2n) is 5.91. The number of benzene rings is 1. The van der Waals surface area contributed by atoms with Gasteiger partial charge in [-0.2, -0.15) is 0 Å². The minimum atomic E-state index is -0.415. The maximum atomic E-state index is 12.0. The fourth-order valence-electron chi connectivity index (χ4n) is 2.06. The van der Waals surface area contributed by atoms with E-state index in [4.69, 9.17) is 5.73 Å². The normalized spacial score (nSPS) is 15.5. The molecule has 4 nitrogen and oxygen atoms in total. The lowest BCUT2D eigenvalue weighted by Gasteiger charge is -2.26. The Bertz CT molecular complexity index is 421. The zero-order valence-electron chi connectivity index (χ0n) is 13.7. The molecule has 0 fully saturated rings. The highest BCUT2D eigenvalue weighted by Gasteiger charge is 2.20. The summed E-state index contributed by atoms with van der Waals surface area (Å²) in [6.07, 6.45) is 0.915. The fraction of sp³-hybridized carbons (Fsp3) is 0.588. The second-order valence-corrected chi connectivity index (χ2v) is 5.91. The summed E-state index contributed by atoms with van der Waals surface area (Å²) in [5, 5.41) is 2.96. The van der Waals surface area contributed by atoms with E-state index >= 15 is 0 Å². The highest BCUT2D eigenvalue weighted by molar-refractivity contribution is 5.81. The van der Waals surface area contributed by atoms with Crippen molar-refractivity contribution in [2.75, 3.05) is 13.6 Å². The van der Waals surface area contributed by atoms with E-state index < -0.39 is 6.04 Å². The summed E-state index contributed by atoms with van der Waals surface area (Å²) < 4.78 is 0. The van der Waals surface area contributed by atoms with Gasteiger partial charge in [-0.15, -0.1) is 0 Å². The van der Waals surface area contributed by atoms with Gasteiger partial charge in [0.25, 0.3) is 0 Å². The molecule has 0 saturated heterocycles. The maximum absolute atomic E-state index is 12.0. The molecule has 0 aromatic heterocycles. The van der Waals surface area contributed by atoms with E-state index in [1.807, 2.05) is 32.0 Å². The summed E-state index contributed by atoms with van der Waals surface area (Å²) >= 11 is 0. The molecule has 1 aromatic carbocycles. The highest BCUT2D eigenvalue weighted by atomic mass is 16.2. The Labute approximate surface area is 128 Å². The SMILES string of the molecule is CCC(C)C(N)C(=O)NCC(C)N(C)Cc1ccccc1. The first-order valence-corrected chi connectivity index (χ1v) is 7.73. The highest BCUT2D eigenvalue weighted by Crippen LogP contribution is 2.07. The Morgan fingerprint density at radius 2 is 1.90 bits per heavy atom. The number of hydrogen-bond donors (Lipinski definition) is 2. The molecule has 1 amide bonds. The van der Waals surface area contributed by atoms with Crippen LogP contribution in [0.25, 0.3) is 0 Å². The standard InChI is InChI=1S/C17H29N3O/c1-5-13(2)16(18)17(21)19-11-14(3)20(4)12-15-9-7-6-8-10-15/h6-10,13-14,16H,5,11-12,18H2,1-4H3,(H,19,21). The Kier molecular flexibility index (Phi) is 7.40. The molecular weight excluding hydrogens is 262 g/mol. The molecule has 3 atom stereocenters. The number of likely N-dealkylation sites (N-methyl/N-ethyl adjacent to an activating group) is 1. The lowest BCUT2D eigenvalue weighted by atomic mass is 9.99. The van der Waals surface area contributed by atoms with Gasteiger partial charge in [0.2, 0.25) is 5.91 Å². The first-order chi connectivity index (χ1) is 9.95. The number of nitrogens with two attached hydrogens (primary N) is 1. The van der Waals surface area contributed by atoms with Crippen LogP contribution in [0.1, 0.15) is 32.8 Å². The number of rotatable bonds is 8. The van der Waals surface area contributed by atoms with Crippen LogP contribution >= 0.6 is 0 Å². The van der Waals surface area contributed by atoms with Crippen LogP contribution in [0, 0.1) is 5.92 Å². The second kappa shape index (κ2) is 8.80. The number of nitrogens with one attached hydrogen (secondary N) is 1. The molecular formula is C17H29N3O. The van der Waals surface area contributed by atoms with E-state index in [1.165, 1.54) is 5.56 Å². The van der Waals surface area contributed by atoms with Gasteiger partial charge in [0.1, 0.15) is 0 Å². The Hall–Kier alpha value is -1.39. The van der Waals surface area contributed by atoms with E-state index in [0.29, 0.717) is 6.54 Å². The Morgan fingerprint density at radius 1 is 1.29 bits per heavy atom. The van der Waals surface area contributed by atoms with Crippen molar-refractivity contribution in [1.29, 1.82) is 0 Å². The quantitative estimate of drug-likeness (QED) is 0.770. The smallest absolute Gasteiger partial charge is 0.237 e. The van der Waals surface area contributed by atoms with Crippen LogP contribution in [-0.4, -0.2) is 36.5 Å². The van der Waals surface area contributed by atoms with Gasteiger partial charge in [-0.3, -0.25) is 9.69 Å². The molecule has 1 rings (SSSR count). The van der Waals surface area contributed by atoms with Crippen molar-refractivity contribution in [3.63, 3.8) is 0 Å². The summed E-state index contributed by atoms with van der Waals surface area (Å²) in [7, 11) is 2.07. The van der Waals surface area contributed by atoms with Gasteiger partial charge < -0.3 is 11.1 Å². The maximum Gasteiger partial charge on any atom is 0.237 e. The minimum Gasteiger partial charge on any atom is -0.353 e. The third kappa shape index (κ3) is 5.86. The molecule has 0 radical (unpaired) electrons. The van der Waals surface area contributed by atoms with E-state index in [9.17, 15) is 4.79 Å². The summed E-state index contributed by atoms with van der Waals surface area (Å²) in [5.74, 6) is 0.159. The van der Waals surface area contributed by atoms with Crippen molar-refractivity contribution in [3.05, 3.63) is 35.9 Å². The lowest BCUT2D eigenvalue weighted by Crippen LogP contribution is -2.48. The number of nitrogens with zero attached hydrogens (tertiary/aromatic N) is 1. The molecule has 4 heteroatoms. The molecule has 0 aliphatic carbocycles. The van der Waals surface area contributed by atoms with Crippen molar-refractivity contribution in [3.8, 4) is 0 Å². The molecule has 0 bridgehead atoms. The van der Waals surface area contributed by atoms with Gasteiger partial charge in [-0.25, -0.2) is 0 Å². The predicted molar refractivity (Wildman–Crippen MR) is 87.8 cm³/mol. The van der Waals surface area contributed by atoms with Crippen LogP contribution < -0.4 is 11.1 Å². The summed E-state index contributed by atoms with van der Waals surface area (Å²) in [5.41, 5.74) is 7.20. The summed E-state index contributed by atoms with van der Waals surface area (Å²) in [4.78, 5) is 14.2. The molecule has 1 aromatic rings. The van der Waals surface area contributed by atoms with Crippen molar-refractivity contribution in [2.45, 2.75) is 45.8 Å². The van der Waals surface area contributed by atoms with E-state index in [-0.39, 0.29) is 17.9 Å². The Balaban J connectivity index is 2.39. The summed E-state index contributed by atoms with van der Waals surface area (Å²) in [6.45, 7) is 7.66. The van der Waals surface area contributed by atoms with Crippen LogP contribution in [0.4, 0.5) is 0 Å². The molecule has 0 heterocycles. The predicted octanol–water partition coefficient (Wildman–Crippen LogP) is 2.00. The number of carbonyl (C=O) groups is 1. The van der Waals surface area contributed by atoms with E-state index in [0.717, 1.165) is 13.0 Å². The molecule has 21 heavy (non-hydrogen) atoms. The molecule has 0 spiro atoms. The number of carbonyl (C=O) groups excluding carboxylic acids is 1. The molecule has 0 aliphatic rings.